The van der Waals surface area contributed by atoms with Crippen LogP contribution in [0, 0.1) is 0 Å². The number of aromatic nitrogens is 6. The molecule has 326 valence electrons. The van der Waals surface area contributed by atoms with Crippen molar-refractivity contribution in [2.24, 2.45) is 0 Å². The Labute approximate surface area is 400 Å². The van der Waals surface area contributed by atoms with Crippen LogP contribution in [-0.2, 0) is 6.42 Å². The van der Waals surface area contributed by atoms with Gasteiger partial charge in [0, 0.05) is 33.8 Å². The first kappa shape index (κ1) is 40.2. The van der Waals surface area contributed by atoms with Crippen molar-refractivity contribution in [3.63, 3.8) is 0 Å². The third-order valence-electron chi connectivity index (χ3n) is 13.4. The van der Waals surface area contributed by atoms with Crippen LogP contribution in [0.3, 0.4) is 0 Å². The SMILES string of the molecule is C1=Cc2nc(-c3ccccc3-c3cccc(-c4ccccc4-c4nc5ccccc5n4-c4ccccc4)c3-c3ccc(-c4nc5ccccc5n4-c4ccccc4)cc3)n(-c3ccccc3)c2CC1. The zero-order valence-corrected chi connectivity index (χ0v) is 37.7. The molecule has 0 amide bonds. The van der Waals surface area contributed by atoms with Crippen LogP contribution in [0.25, 0.3) is 113 Å². The first-order chi connectivity index (χ1) is 34.3. The van der Waals surface area contributed by atoms with Gasteiger partial charge in [-0.05, 0) is 113 Å². The van der Waals surface area contributed by atoms with Crippen molar-refractivity contribution in [1.29, 1.82) is 0 Å². The Morgan fingerprint density at radius 2 is 0.739 bits per heavy atom. The van der Waals surface area contributed by atoms with Crippen molar-refractivity contribution in [3.8, 4) is 84.6 Å². The fourth-order valence-electron chi connectivity index (χ4n) is 10.3. The van der Waals surface area contributed by atoms with E-state index in [-0.39, 0.29) is 0 Å². The highest BCUT2D eigenvalue weighted by Gasteiger charge is 2.26. The summed E-state index contributed by atoms with van der Waals surface area (Å²) >= 11 is 0. The molecule has 0 bridgehead atoms. The minimum atomic E-state index is 0.883. The molecule has 3 heterocycles. The maximum absolute atomic E-state index is 5.43. The zero-order valence-electron chi connectivity index (χ0n) is 37.7. The van der Waals surface area contributed by atoms with Crippen LogP contribution in [0.1, 0.15) is 17.8 Å². The number of imidazole rings is 3. The van der Waals surface area contributed by atoms with Crippen LogP contribution in [-0.4, -0.2) is 28.7 Å². The molecule has 0 saturated carbocycles. The predicted molar refractivity (Wildman–Crippen MR) is 283 cm³/mol. The van der Waals surface area contributed by atoms with Crippen molar-refractivity contribution in [2.75, 3.05) is 0 Å². The van der Waals surface area contributed by atoms with Gasteiger partial charge in [-0.1, -0.05) is 176 Å². The van der Waals surface area contributed by atoms with Gasteiger partial charge in [0.25, 0.3) is 0 Å². The summed E-state index contributed by atoms with van der Waals surface area (Å²) in [5.41, 5.74) is 19.2. The highest BCUT2D eigenvalue weighted by atomic mass is 15.1. The minimum Gasteiger partial charge on any atom is -0.296 e. The summed E-state index contributed by atoms with van der Waals surface area (Å²) in [4.78, 5) is 16.1. The van der Waals surface area contributed by atoms with Gasteiger partial charge in [0.2, 0.25) is 0 Å². The molecule has 0 spiro atoms. The summed E-state index contributed by atoms with van der Waals surface area (Å²) in [6.07, 6.45) is 6.33. The summed E-state index contributed by atoms with van der Waals surface area (Å²) in [6, 6.07) is 81.8. The topological polar surface area (TPSA) is 53.5 Å². The number of hydrogen-bond donors (Lipinski definition) is 0. The first-order valence-electron chi connectivity index (χ1n) is 23.6. The molecule has 0 aliphatic heterocycles. The molecule has 0 fully saturated rings. The van der Waals surface area contributed by atoms with Gasteiger partial charge in [0.15, 0.2) is 0 Å². The van der Waals surface area contributed by atoms with E-state index in [9.17, 15) is 0 Å². The summed E-state index contributed by atoms with van der Waals surface area (Å²) in [5, 5.41) is 0. The number of benzene rings is 9. The normalized spacial score (nSPS) is 12.2. The maximum Gasteiger partial charge on any atom is 0.146 e. The zero-order chi connectivity index (χ0) is 45.7. The van der Waals surface area contributed by atoms with E-state index in [1.165, 1.54) is 5.69 Å². The number of para-hydroxylation sites is 7. The van der Waals surface area contributed by atoms with E-state index >= 15 is 0 Å². The van der Waals surface area contributed by atoms with Gasteiger partial charge in [0.05, 0.1) is 33.5 Å². The number of nitrogens with zero attached hydrogens (tertiary/aromatic N) is 6. The van der Waals surface area contributed by atoms with E-state index in [0.29, 0.717) is 0 Å². The van der Waals surface area contributed by atoms with Crippen LogP contribution >= 0.6 is 0 Å². The van der Waals surface area contributed by atoms with Crippen molar-refractivity contribution in [1.82, 2.24) is 28.7 Å². The molecular formula is C63H44N6. The minimum absolute atomic E-state index is 0.883. The van der Waals surface area contributed by atoms with Gasteiger partial charge in [-0.15, -0.1) is 0 Å². The fraction of sp³-hybridized carbons (Fsp3) is 0.0317. The van der Waals surface area contributed by atoms with Gasteiger partial charge < -0.3 is 0 Å². The quantitative estimate of drug-likeness (QED) is 0.145. The lowest BCUT2D eigenvalue weighted by atomic mass is 9.84. The third-order valence-corrected chi connectivity index (χ3v) is 13.4. The summed E-state index contributed by atoms with van der Waals surface area (Å²) in [5.74, 6) is 2.70. The van der Waals surface area contributed by atoms with Crippen LogP contribution in [0.2, 0.25) is 0 Å². The smallest absolute Gasteiger partial charge is 0.146 e. The molecular weight excluding hydrogens is 841 g/mol. The lowest BCUT2D eigenvalue weighted by Crippen LogP contribution is -2.05. The Balaban J connectivity index is 1.05. The lowest BCUT2D eigenvalue weighted by molar-refractivity contribution is 0.878. The predicted octanol–water partition coefficient (Wildman–Crippen LogP) is 15.5. The molecule has 12 aromatic rings. The van der Waals surface area contributed by atoms with Gasteiger partial charge in [-0.25, -0.2) is 15.0 Å². The van der Waals surface area contributed by atoms with Crippen molar-refractivity contribution >= 4 is 28.1 Å². The van der Waals surface area contributed by atoms with Crippen LogP contribution in [0.15, 0.2) is 237 Å². The van der Waals surface area contributed by atoms with Crippen molar-refractivity contribution in [2.45, 2.75) is 12.8 Å². The molecule has 1 aliphatic rings. The molecule has 0 saturated heterocycles. The monoisotopic (exact) mass is 884 g/mol. The van der Waals surface area contributed by atoms with Gasteiger partial charge in [-0.3, -0.25) is 13.7 Å². The molecule has 9 aromatic carbocycles. The van der Waals surface area contributed by atoms with Crippen LogP contribution in [0.4, 0.5) is 0 Å². The average molecular weight is 885 g/mol. The van der Waals surface area contributed by atoms with E-state index in [1.54, 1.807) is 0 Å². The highest BCUT2D eigenvalue weighted by Crippen LogP contribution is 2.47. The molecule has 0 unspecified atom stereocenters. The second kappa shape index (κ2) is 16.9. The van der Waals surface area contributed by atoms with E-state index in [4.69, 9.17) is 15.0 Å². The number of fused-ring (bicyclic) bond motifs is 3. The van der Waals surface area contributed by atoms with E-state index in [1.807, 2.05) is 0 Å². The maximum atomic E-state index is 5.43. The molecule has 69 heavy (non-hydrogen) atoms. The van der Waals surface area contributed by atoms with Gasteiger partial charge >= 0.3 is 0 Å². The molecule has 0 atom stereocenters. The Kier molecular flexibility index (Phi) is 9.86. The Morgan fingerprint density at radius 1 is 0.319 bits per heavy atom. The summed E-state index contributed by atoms with van der Waals surface area (Å²) in [7, 11) is 0. The lowest BCUT2D eigenvalue weighted by Gasteiger charge is -2.21. The van der Waals surface area contributed by atoms with Crippen molar-refractivity contribution in [3.05, 3.63) is 248 Å². The Hall–Kier alpha value is -9.13. The standard InChI is InChI=1S/C63H44N6/c1-4-21-45(22-5-1)67-57-36-17-14-33-54(57)64-61(67)44-41-39-43(40-42-44)60-50(48-27-10-12-29-52(48)62-65-55-34-15-18-37-58(55)68(62)46-23-6-2-7-24-46)31-20-32-51(60)49-28-11-13-30-53(49)63-66-56-35-16-19-38-59(56)69(63)47-25-8-3-9-26-47/h1-18,20-37,39-42H,19,38H2. The number of rotatable bonds is 9. The van der Waals surface area contributed by atoms with Gasteiger partial charge in [0.1, 0.15) is 17.5 Å². The van der Waals surface area contributed by atoms with E-state index in [2.05, 4.69) is 256 Å². The third kappa shape index (κ3) is 6.92. The second-order valence-electron chi connectivity index (χ2n) is 17.5. The first-order valence-corrected chi connectivity index (χ1v) is 23.6. The second-order valence-corrected chi connectivity index (χ2v) is 17.5. The molecule has 0 N–H and O–H groups in total. The molecule has 6 heteroatoms. The molecule has 3 aromatic heterocycles. The Morgan fingerprint density at radius 3 is 1.30 bits per heavy atom. The number of allylic oxidation sites excluding steroid dienone is 1. The van der Waals surface area contributed by atoms with Crippen molar-refractivity contribution < 1.29 is 0 Å². The fourth-order valence-corrected chi connectivity index (χ4v) is 10.3. The Bertz CT molecular complexity index is 3880. The molecule has 13 rings (SSSR count). The molecule has 6 nitrogen and oxygen atoms in total. The highest BCUT2D eigenvalue weighted by molar-refractivity contribution is 6.01. The number of hydrogen-bond acceptors (Lipinski definition) is 3. The van der Waals surface area contributed by atoms with Gasteiger partial charge in [-0.2, -0.15) is 0 Å². The molecule has 1 aliphatic carbocycles. The van der Waals surface area contributed by atoms with E-state index in [0.717, 1.165) is 125 Å². The molecule has 0 radical (unpaired) electrons. The summed E-state index contributed by atoms with van der Waals surface area (Å²) < 4.78 is 6.93. The summed E-state index contributed by atoms with van der Waals surface area (Å²) in [6.45, 7) is 0. The largest absolute Gasteiger partial charge is 0.296 e. The van der Waals surface area contributed by atoms with Crippen LogP contribution < -0.4 is 0 Å². The van der Waals surface area contributed by atoms with E-state index < -0.39 is 0 Å². The van der Waals surface area contributed by atoms with Crippen LogP contribution in [0.5, 0.6) is 0 Å². The average Bonchev–Trinajstić information content (AvgIpc) is 4.14.